The molecule has 1 amide bonds. The summed E-state index contributed by atoms with van der Waals surface area (Å²) in [7, 11) is 1.89. The van der Waals surface area contributed by atoms with E-state index in [4.69, 9.17) is 5.73 Å². The normalized spacial score (nSPS) is 14.2. The predicted molar refractivity (Wildman–Crippen MR) is 79.4 cm³/mol. The molecule has 0 saturated carbocycles. The fraction of sp³-hybridized carbons (Fsp3) is 0.312. The lowest BCUT2D eigenvalue weighted by Crippen LogP contribution is -2.37. The maximum absolute atomic E-state index is 12.7. The van der Waals surface area contributed by atoms with E-state index in [-0.39, 0.29) is 5.91 Å². The molecule has 2 aromatic rings. The monoisotopic (exact) mass is 269 g/mol. The van der Waals surface area contributed by atoms with Crippen molar-refractivity contribution in [3.05, 3.63) is 52.8 Å². The van der Waals surface area contributed by atoms with Gasteiger partial charge in [0, 0.05) is 25.8 Å². The summed E-state index contributed by atoms with van der Waals surface area (Å²) in [6, 6.07) is 10.2. The van der Waals surface area contributed by atoms with Crippen molar-refractivity contribution in [3.63, 3.8) is 0 Å². The molecule has 0 bridgehead atoms. The predicted octanol–water partition coefficient (Wildman–Crippen LogP) is 2.11. The van der Waals surface area contributed by atoms with Gasteiger partial charge in [-0.3, -0.25) is 4.79 Å². The minimum atomic E-state index is 0.0209. The van der Waals surface area contributed by atoms with Crippen LogP contribution in [0.4, 0.5) is 5.69 Å². The molecule has 1 aliphatic heterocycles. The number of nitrogens with zero attached hydrogens (tertiary/aromatic N) is 2. The molecular formula is C16H19N3O. The van der Waals surface area contributed by atoms with Gasteiger partial charge in [0.25, 0.3) is 5.91 Å². The van der Waals surface area contributed by atoms with Crippen molar-refractivity contribution in [1.82, 2.24) is 9.47 Å². The van der Waals surface area contributed by atoms with Gasteiger partial charge in [-0.25, -0.2) is 0 Å². The Kier molecular flexibility index (Phi) is 3.01. The van der Waals surface area contributed by atoms with Gasteiger partial charge in [-0.05, 0) is 30.5 Å². The zero-order chi connectivity index (χ0) is 14.3. The molecule has 104 valence electrons. The number of fused-ring (bicyclic) bond motifs is 1. The third kappa shape index (κ3) is 1.97. The van der Waals surface area contributed by atoms with Crippen LogP contribution in [0.3, 0.4) is 0 Å². The smallest absolute Gasteiger partial charge is 0.272 e. The molecule has 4 nitrogen and oxygen atoms in total. The van der Waals surface area contributed by atoms with Gasteiger partial charge in [-0.2, -0.15) is 0 Å². The van der Waals surface area contributed by atoms with Crippen molar-refractivity contribution in [3.8, 4) is 0 Å². The summed E-state index contributed by atoms with van der Waals surface area (Å²) in [6.45, 7) is 3.37. The average Bonchev–Trinajstić information content (AvgIpc) is 2.71. The zero-order valence-electron chi connectivity index (χ0n) is 11.9. The quantitative estimate of drug-likeness (QED) is 0.862. The molecule has 0 saturated heterocycles. The molecule has 2 heterocycles. The Morgan fingerprint density at radius 3 is 2.60 bits per heavy atom. The summed E-state index contributed by atoms with van der Waals surface area (Å²) in [5.74, 6) is 0.0209. The Hall–Kier alpha value is -2.23. The topological polar surface area (TPSA) is 51.3 Å². The largest absolute Gasteiger partial charge is 0.397 e. The highest BCUT2D eigenvalue weighted by molar-refractivity contribution is 5.98. The molecule has 0 unspecified atom stereocenters. The minimum Gasteiger partial charge on any atom is -0.397 e. The third-order valence-corrected chi connectivity index (χ3v) is 4.12. The molecule has 4 heteroatoms. The number of benzene rings is 1. The van der Waals surface area contributed by atoms with Crippen molar-refractivity contribution in [2.24, 2.45) is 7.05 Å². The Bertz CT molecular complexity index is 672. The Balaban J connectivity index is 1.90. The van der Waals surface area contributed by atoms with Crippen LogP contribution in [0.5, 0.6) is 0 Å². The van der Waals surface area contributed by atoms with E-state index in [0.717, 1.165) is 18.7 Å². The first-order chi connectivity index (χ1) is 9.58. The number of aryl methyl sites for hydroxylation is 1. The van der Waals surface area contributed by atoms with E-state index >= 15 is 0 Å². The van der Waals surface area contributed by atoms with Gasteiger partial charge in [0.1, 0.15) is 5.69 Å². The average molecular weight is 269 g/mol. The summed E-state index contributed by atoms with van der Waals surface area (Å²) in [5, 5.41) is 0. The van der Waals surface area contributed by atoms with Crippen molar-refractivity contribution in [1.29, 1.82) is 0 Å². The van der Waals surface area contributed by atoms with Crippen LogP contribution in [-0.4, -0.2) is 21.9 Å². The molecule has 0 radical (unpaired) electrons. The molecular weight excluding hydrogens is 250 g/mol. The van der Waals surface area contributed by atoms with E-state index in [1.165, 1.54) is 11.1 Å². The number of amides is 1. The van der Waals surface area contributed by atoms with Gasteiger partial charge in [0.2, 0.25) is 0 Å². The first-order valence-corrected chi connectivity index (χ1v) is 6.86. The van der Waals surface area contributed by atoms with E-state index in [2.05, 4.69) is 18.2 Å². The van der Waals surface area contributed by atoms with E-state index < -0.39 is 0 Å². The molecule has 0 spiro atoms. The second-order valence-corrected chi connectivity index (χ2v) is 5.39. The maximum Gasteiger partial charge on any atom is 0.272 e. The summed E-state index contributed by atoms with van der Waals surface area (Å²) in [6.07, 6.45) is 0.908. The van der Waals surface area contributed by atoms with Gasteiger partial charge in [-0.1, -0.05) is 24.3 Å². The van der Waals surface area contributed by atoms with E-state index in [1.54, 1.807) is 0 Å². The lowest BCUT2D eigenvalue weighted by molar-refractivity contribution is 0.0726. The third-order valence-electron chi connectivity index (χ3n) is 4.12. The van der Waals surface area contributed by atoms with E-state index in [9.17, 15) is 4.79 Å². The summed E-state index contributed by atoms with van der Waals surface area (Å²) in [5.41, 5.74) is 10.7. The van der Waals surface area contributed by atoms with Crippen LogP contribution in [0.1, 0.15) is 27.3 Å². The molecule has 0 aliphatic carbocycles. The minimum absolute atomic E-state index is 0.0209. The lowest BCUT2D eigenvalue weighted by Gasteiger charge is -2.29. The molecule has 0 fully saturated rings. The standard InChI is InChI=1S/C16H19N3O/c1-11-9-14(17)15(18(11)2)16(20)19-8-7-12-5-3-4-6-13(12)10-19/h3-6,9H,7-8,10,17H2,1-2H3. The van der Waals surface area contributed by atoms with Crippen LogP contribution in [0.15, 0.2) is 30.3 Å². The second kappa shape index (κ2) is 4.71. The number of nitrogen functional groups attached to an aromatic ring is 1. The van der Waals surface area contributed by atoms with Crippen molar-refractivity contribution < 1.29 is 4.79 Å². The highest BCUT2D eigenvalue weighted by atomic mass is 16.2. The van der Waals surface area contributed by atoms with Gasteiger partial charge in [0.15, 0.2) is 0 Å². The number of hydrogen-bond acceptors (Lipinski definition) is 2. The van der Waals surface area contributed by atoms with Gasteiger partial charge >= 0.3 is 0 Å². The highest BCUT2D eigenvalue weighted by Crippen LogP contribution is 2.23. The first kappa shape index (κ1) is 12.8. The first-order valence-electron chi connectivity index (χ1n) is 6.86. The van der Waals surface area contributed by atoms with Crippen molar-refractivity contribution in [2.45, 2.75) is 19.9 Å². The van der Waals surface area contributed by atoms with Crippen LogP contribution in [0.25, 0.3) is 0 Å². The maximum atomic E-state index is 12.7. The van der Waals surface area contributed by atoms with Gasteiger partial charge < -0.3 is 15.2 Å². The van der Waals surface area contributed by atoms with Crippen LogP contribution < -0.4 is 5.73 Å². The molecule has 1 aliphatic rings. The number of carbonyl (C=O) groups is 1. The number of carbonyl (C=O) groups excluding carboxylic acids is 1. The van der Waals surface area contributed by atoms with Gasteiger partial charge in [-0.15, -0.1) is 0 Å². The lowest BCUT2D eigenvalue weighted by atomic mass is 10.00. The molecule has 2 N–H and O–H groups in total. The molecule has 20 heavy (non-hydrogen) atoms. The molecule has 1 aromatic heterocycles. The number of rotatable bonds is 1. The van der Waals surface area contributed by atoms with Crippen LogP contribution in [0, 0.1) is 6.92 Å². The van der Waals surface area contributed by atoms with E-state index in [0.29, 0.717) is 17.9 Å². The van der Waals surface area contributed by atoms with Crippen molar-refractivity contribution >= 4 is 11.6 Å². The molecule has 3 rings (SSSR count). The number of anilines is 1. The zero-order valence-corrected chi connectivity index (χ0v) is 11.9. The summed E-state index contributed by atoms with van der Waals surface area (Å²) >= 11 is 0. The molecule has 0 atom stereocenters. The van der Waals surface area contributed by atoms with Crippen LogP contribution in [-0.2, 0) is 20.0 Å². The van der Waals surface area contributed by atoms with Crippen LogP contribution >= 0.6 is 0 Å². The number of aromatic nitrogens is 1. The Morgan fingerprint density at radius 2 is 1.95 bits per heavy atom. The van der Waals surface area contributed by atoms with Crippen molar-refractivity contribution in [2.75, 3.05) is 12.3 Å². The van der Waals surface area contributed by atoms with Gasteiger partial charge in [0.05, 0.1) is 5.69 Å². The van der Waals surface area contributed by atoms with Crippen LogP contribution in [0.2, 0.25) is 0 Å². The van der Waals surface area contributed by atoms with E-state index in [1.807, 2.05) is 35.6 Å². The Labute approximate surface area is 118 Å². The fourth-order valence-corrected chi connectivity index (χ4v) is 2.85. The SMILES string of the molecule is Cc1cc(N)c(C(=O)N2CCc3ccccc3C2)n1C. The molecule has 1 aromatic carbocycles. The highest BCUT2D eigenvalue weighted by Gasteiger charge is 2.25. The second-order valence-electron chi connectivity index (χ2n) is 5.39. The fourth-order valence-electron chi connectivity index (χ4n) is 2.85. The number of hydrogen-bond donors (Lipinski definition) is 1. The Morgan fingerprint density at radius 1 is 1.25 bits per heavy atom. The number of nitrogens with two attached hydrogens (primary N) is 1. The summed E-state index contributed by atoms with van der Waals surface area (Å²) in [4.78, 5) is 14.6. The summed E-state index contributed by atoms with van der Waals surface area (Å²) < 4.78 is 1.87.